The first kappa shape index (κ1) is 12.2. The fraction of sp³-hybridized carbons (Fsp3) is 0.133. The third-order valence-corrected chi connectivity index (χ3v) is 3.35. The highest BCUT2D eigenvalue weighted by atomic mass is 35.5. The van der Waals surface area contributed by atoms with Crippen LogP contribution in [0.5, 0.6) is 0 Å². The van der Waals surface area contributed by atoms with Crippen molar-refractivity contribution in [3.63, 3.8) is 0 Å². The predicted molar refractivity (Wildman–Crippen MR) is 79.2 cm³/mol. The lowest BCUT2D eigenvalue weighted by atomic mass is 10.1. The number of nitrogens with zero attached hydrogens (tertiary/aromatic N) is 1. The van der Waals surface area contributed by atoms with Crippen LogP contribution in [0, 0.1) is 6.92 Å². The maximum atomic E-state index is 6.10. The number of rotatable bonds is 2. The summed E-state index contributed by atoms with van der Waals surface area (Å²) in [6, 6.07) is 11.9. The van der Waals surface area contributed by atoms with Crippen LogP contribution in [0.1, 0.15) is 11.1 Å². The molecule has 0 aliphatic rings. The molecule has 0 saturated carbocycles. The molecule has 0 amide bonds. The normalized spacial score (nSPS) is 11.1. The van der Waals surface area contributed by atoms with E-state index in [1.807, 2.05) is 37.3 Å². The lowest BCUT2D eigenvalue weighted by Crippen LogP contribution is -1.96. The summed E-state index contributed by atoms with van der Waals surface area (Å²) in [5.74, 6) is 0.821. The van der Waals surface area contributed by atoms with Gasteiger partial charge in [-0.15, -0.1) is 0 Å². The Hall–Kier alpha value is -1.84. The van der Waals surface area contributed by atoms with Crippen LogP contribution in [-0.2, 0) is 6.54 Å². The van der Waals surface area contributed by atoms with E-state index in [9.17, 15) is 0 Å². The Morgan fingerprint density at radius 2 is 2.11 bits per heavy atom. The molecule has 3 rings (SSSR count). The van der Waals surface area contributed by atoms with Crippen LogP contribution in [0.4, 0.5) is 0 Å². The van der Waals surface area contributed by atoms with Crippen LogP contribution in [-0.4, -0.2) is 9.97 Å². The maximum absolute atomic E-state index is 6.10. The third kappa shape index (κ3) is 2.23. The van der Waals surface area contributed by atoms with Crippen LogP contribution >= 0.6 is 11.6 Å². The van der Waals surface area contributed by atoms with Gasteiger partial charge in [-0.05, 0) is 42.3 Å². The van der Waals surface area contributed by atoms with E-state index in [2.05, 4.69) is 16.0 Å². The van der Waals surface area contributed by atoms with Crippen molar-refractivity contribution in [2.75, 3.05) is 0 Å². The summed E-state index contributed by atoms with van der Waals surface area (Å²) in [6.07, 6.45) is 0. The van der Waals surface area contributed by atoms with Crippen LogP contribution in [0.15, 0.2) is 36.4 Å². The minimum atomic E-state index is 0.482. The number of aryl methyl sites for hydroxylation is 1. The average Bonchev–Trinajstić information content (AvgIpc) is 2.81. The topological polar surface area (TPSA) is 54.7 Å². The van der Waals surface area contributed by atoms with Crippen LogP contribution in [0.2, 0.25) is 5.02 Å². The monoisotopic (exact) mass is 271 g/mol. The number of hydrogen-bond acceptors (Lipinski definition) is 2. The molecule has 0 aliphatic carbocycles. The molecule has 3 aromatic rings. The molecule has 0 saturated heterocycles. The highest BCUT2D eigenvalue weighted by Gasteiger charge is 2.09. The van der Waals surface area contributed by atoms with Gasteiger partial charge in [0.2, 0.25) is 0 Å². The van der Waals surface area contributed by atoms with E-state index in [0.29, 0.717) is 6.54 Å². The van der Waals surface area contributed by atoms with E-state index < -0.39 is 0 Å². The summed E-state index contributed by atoms with van der Waals surface area (Å²) in [4.78, 5) is 7.96. The summed E-state index contributed by atoms with van der Waals surface area (Å²) < 4.78 is 0. The van der Waals surface area contributed by atoms with Gasteiger partial charge in [0.15, 0.2) is 0 Å². The Morgan fingerprint density at radius 1 is 1.26 bits per heavy atom. The summed E-state index contributed by atoms with van der Waals surface area (Å²) in [6.45, 7) is 2.50. The lowest BCUT2D eigenvalue weighted by molar-refractivity contribution is 1.08. The van der Waals surface area contributed by atoms with Crippen LogP contribution in [0.25, 0.3) is 22.4 Å². The van der Waals surface area contributed by atoms with Crippen molar-refractivity contribution in [2.24, 2.45) is 5.73 Å². The number of hydrogen-bond donors (Lipinski definition) is 2. The van der Waals surface area contributed by atoms with Crippen molar-refractivity contribution >= 4 is 22.6 Å². The van der Waals surface area contributed by atoms with E-state index in [4.69, 9.17) is 17.3 Å². The standard InChI is InChI=1S/C15H14ClN3/c1-9-5-11(7-12(16)6-9)15-18-13-4-2-3-10(8-17)14(13)19-15/h2-7H,8,17H2,1H3,(H,18,19). The largest absolute Gasteiger partial charge is 0.338 e. The fourth-order valence-electron chi connectivity index (χ4n) is 2.27. The second-order valence-corrected chi connectivity index (χ2v) is 5.06. The molecule has 0 unspecified atom stereocenters. The Morgan fingerprint density at radius 3 is 2.84 bits per heavy atom. The van der Waals surface area contributed by atoms with Gasteiger partial charge >= 0.3 is 0 Å². The first-order valence-electron chi connectivity index (χ1n) is 6.12. The summed E-state index contributed by atoms with van der Waals surface area (Å²) >= 11 is 6.10. The number of nitrogens with one attached hydrogen (secondary N) is 1. The molecule has 1 heterocycles. The van der Waals surface area contributed by atoms with E-state index in [0.717, 1.165) is 38.6 Å². The number of benzene rings is 2. The van der Waals surface area contributed by atoms with E-state index in [-0.39, 0.29) is 0 Å². The lowest BCUT2D eigenvalue weighted by Gasteiger charge is -2.00. The molecule has 0 spiro atoms. The van der Waals surface area contributed by atoms with Crippen LogP contribution < -0.4 is 5.73 Å². The number of imidazole rings is 1. The number of aromatic nitrogens is 2. The number of fused-ring (bicyclic) bond motifs is 1. The van der Waals surface area contributed by atoms with Gasteiger partial charge in [0.25, 0.3) is 0 Å². The Kier molecular flexibility index (Phi) is 3.01. The van der Waals surface area contributed by atoms with Gasteiger partial charge in [-0.25, -0.2) is 4.98 Å². The molecule has 0 bridgehead atoms. The van der Waals surface area contributed by atoms with Gasteiger partial charge in [-0.2, -0.15) is 0 Å². The van der Waals surface area contributed by atoms with Gasteiger partial charge in [-0.3, -0.25) is 0 Å². The van der Waals surface area contributed by atoms with Crippen molar-refractivity contribution in [1.82, 2.24) is 9.97 Å². The first-order valence-corrected chi connectivity index (χ1v) is 6.50. The molecule has 0 aliphatic heterocycles. The minimum Gasteiger partial charge on any atom is -0.338 e. The number of H-pyrrole nitrogens is 1. The zero-order chi connectivity index (χ0) is 13.4. The molecule has 0 radical (unpaired) electrons. The van der Waals surface area contributed by atoms with Gasteiger partial charge < -0.3 is 10.7 Å². The van der Waals surface area contributed by atoms with E-state index in [1.165, 1.54) is 0 Å². The molecule has 4 heteroatoms. The third-order valence-electron chi connectivity index (χ3n) is 3.13. The zero-order valence-electron chi connectivity index (χ0n) is 10.6. The maximum Gasteiger partial charge on any atom is 0.138 e. The zero-order valence-corrected chi connectivity index (χ0v) is 11.3. The van der Waals surface area contributed by atoms with Crippen molar-refractivity contribution in [1.29, 1.82) is 0 Å². The first-order chi connectivity index (χ1) is 9.17. The Labute approximate surface area is 116 Å². The van der Waals surface area contributed by atoms with Crippen molar-refractivity contribution in [3.8, 4) is 11.4 Å². The van der Waals surface area contributed by atoms with Gasteiger partial charge in [0.1, 0.15) is 5.82 Å². The summed E-state index contributed by atoms with van der Waals surface area (Å²) in [7, 11) is 0. The molecule has 3 nitrogen and oxygen atoms in total. The van der Waals surface area contributed by atoms with Crippen LogP contribution in [0.3, 0.4) is 0 Å². The molecule has 3 N–H and O–H groups in total. The van der Waals surface area contributed by atoms with Gasteiger partial charge in [0, 0.05) is 17.1 Å². The molecular formula is C15H14ClN3. The predicted octanol–water partition coefficient (Wildman–Crippen LogP) is 3.65. The second kappa shape index (κ2) is 4.68. The fourth-order valence-corrected chi connectivity index (χ4v) is 2.56. The number of para-hydroxylation sites is 1. The Balaban J connectivity index is 2.20. The molecule has 2 aromatic carbocycles. The Bertz CT molecular complexity index is 726. The highest BCUT2D eigenvalue weighted by Crippen LogP contribution is 2.26. The smallest absolute Gasteiger partial charge is 0.138 e. The van der Waals surface area contributed by atoms with Crippen molar-refractivity contribution in [3.05, 3.63) is 52.5 Å². The number of nitrogens with two attached hydrogens (primary N) is 1. The summed E-state index contributed by atoms with van der Waals surface area (Å²) in [5.41, 5.74) is 10.8. The molecule has 0 fully saturated rings. The second-order valence-electron chi connectivity index (χ2n) is 4.62. The number of halogens is 1. The molecule has 0 atom stereocenters. The minimum absolute atomic E-state index is 0.482. The van der Waals surface area contributed by atoms with Crippen molar-refractivity contribution < 1.29 is 0 Å². The van der Waals surface area contributed by atoms with Gasteiger partial charge in [0.05, 0.1) is 11.0 Å². The molecular weight excluding hydrogens is 258 g/mol. The molecule has 19 heavy (non-hydrogen) atoms. The van der Waals surface area contributed by atoms with Crippen molar-refractivity contribution in [2.45, 2.75) is 13.5 Å². The number of aromatic amines is 1. The summed E-state index contributed by atoms with van der Waals surface area (Å²) in [5, 5.41) is 0.717. The quantitative estimate of drug-likeness (QED) is 0.747. The average molecular weight is 272 g/mol. The molecule has 96 valence electrons. The van der Waals surface area contributed by atoms with E-state index >= 15 is 0 Å². The van der Waals surface area contributed by atoms with E-state index in [1.54, 1.807) is 0 Å². The van der Waals surface area contributed by atoms with Gasteiger partial charge in [-0.1, -0.05) is 23.7 Å². The highest BCUT2D eigenvalue weighted by molar-refractivity contribution is 6.30. The SMILES string of the molecule is Cc1cc(Cl)cc(-c2nc3c(CN)cccc3[nH]2)c1. The molecule has 1 aromatic heterocycles.